The van der Waals surface area contributed by atoms with E-state index in [-0.39, 0.29) is 33.7 Å². The lowest BCUT2D eigenvalue weighted by molar-refractivity contribution is -0.168. The van der Waals surface area contributed by atoms with Crippen LogP contribution >= 0.6 is 34.8 Å². The summed E-state index contributed by atoms with van der Waals surface area (Å²) in [5.74, 6) is -1.24. The molecule has 0 heterocycles. The molecule has 182 valence electrons. The number of benzene rings is 1. The largest absolute Gasteiger partial charge is 0.465 e. The van der Waals surface area contributed by atoms with Crippen molar-refractivity contribution in [2.75, 3.05) is 6.61 Å². The van der Waals surface area contributed by atoms with Crippen molar-refractivity contribution in [3.8, 4) is 5.75 Å². The zero-order valence-electron chi connectivity index (χ0n) is 19.6. The van der Waals surface area contributed by atoms with Crippen LogP contribution in [0, 0.1) is 5.41 Å². The molecule has 0 atom stereocenters. The van der Waals surface area contributed by atoms with E-state index in [0.29, 0.717) is 6.61 Å². The van der Waals surface area contributed by atoms with Crippen LogP contribution in [-0.4, -0.2) is 18.5 Å². The first-order valence-corrected chi connectivity index (χ1v) is 13.0. The summed E-state index contributed by atoms with van der Waals surface area (Å²) in [6.45, 7) is 6.05. The summed E-state index contributed by atoms with van der Waals surface area (Å²) in [4.78, 5) is 25.8. The average molecular weight is 508 g/mol. The van der Waals surface area contributed by atoms with Gasteiger partial charge in [0, 0.05) is 11.1 Å². The molecule has 0 unspecified atom stereocenters. The zero-order valence-corrected chi connectivity index (χ0v) is 21.9. The average Bonchev–Trinajstić information content (AvgIpc) is 2.76. The summed E-state index contributed by atoms with van der Waals surface area (Å²) in [7, 11) is 0. The van der Waals surface area contributed by atoms with Gasteiger partial charge in [0.15, 0.2) is 11.2 Å². The number of carbonyl (C=O) groups excluding carboxylic acids is 2. The van der Waals surface area contributed by atoms with Crippen LogP contribution in [0.1, 0.15) is 97.8 Å². The Kier molecular flexibility index (Phi) is 14.3. The van der Waals surface area contributed by atoms with Gasteiger partial charge in [-0.25, -0.2) is 0 Å². The second-order valence-electron chi connectivity index (χ2n) is 8.20. The van der Waals surface area contributed by atoms with E-state index in [1.807, 2.05) is 0 Å². The van der Waals surface area contributed by atoms with Crippen molar-refractivity contribution in [3.05, 3.63) is 27.2 Å². The minimum atomic E-state index is -1.39. The molecule has 0 saturated heterocycles. The summed E-state index contributed by atoms with van der Waals surface area (Å²) in [6, 6.07) is 2.86. The Bertz CT molecular complexity index is 717. The SMILES string of the molecule is CCCCCCCCCCCCOC(=O)C(CC)(CC)C(=O)Oc1cc(Cl)cc(Cl)c1Cl. The van der Waals surface area contributed by atoms with Crippen molar-refractivity contribution in [1.82, 2.24) is 0 Å². The van der Waals surface area contributed by atoms with Crippen LogP contribution in [0.4, 0.5) is 0 Å². The Morgan fingerprint density at radius 2 is 1.31 bits per heavy atom. The van der Waals surface area contributed by atoms with Gasteiger partial charge in [0.2, 0.25) is 0 Å². The molecule has 0 aliphatic heterocycles. The molecule has 0 aliphatic rings. The maximum absolute atomic E-state index is 12.9. The molecule has 4 nitrogen and oxygen atoms in total. The second-order valence-corrected chi connectivity index (χ2v) is 9.42. The zero-order chi connectivity index (χ0) is 24.0. The molecule has 1 aromatic rings. The van der Waals surface area contributed by atoms with E-state index < -0.39 is 17.4 Å². The highest BCUT2D eigenvalue weighted by atomic mass is 35.5. The molecule has 32 heavy (non-hydrogen) atoms. The van der Waals surface area contributed by atoms with Crippen LogP contribution in [0.5, 0.6) is 5.75 Å². The molecule has 0 radical (unpaired) electrons. The first-order valence-electron chi connectivity index (χ1n) is 11.9. The number of rotatable bonds is 16. The molecule has 7 heteroatoms. The van der Waals surface area contributed by atoms with Gasteiger partial charge >= 0.3 is 11.9 Å². The predicted octanol–water partition coefficient (Wildman–Crippen LogP) is 8.82. The molecule has 0 bridgehead atoms. The smallest absolute Gasteiger partial charge is 0.328 e. The van der Waals surface area contributed by atoms with E-state index in [1.165, 1.54) is 57.1 Å². The van der Waals surface area contributed by atoms with Crippen LogP contribution in [0.3, 0.4) is 0 Å². The van der Waals surface area contributed by atoms with Crippen molar-refractivity contribution in [1.29, 1.82) is 0 Å². The highest BCUT2D eigenvalue weighted by molar-refractivity contribution is 6.44. The van der Waals surface area contributed by atoms with Gasteiger partial charge in [-0.3, -0.25) is 9.59 Å². The molecule has 0 spiro atoms. The lowest BCUT2D eigenvalue weighted by Gasteiger charge is -2.27. The molecule has 0 aliphatic carbocycles. The molecular weight excluding hydrogens is 471 g/mol. The summed E-state index contributed by atoms with van der Waals surface area (Å²) < 4.78 is 10.9. The molecule has 0 amide bonds. The highest BCUT2D eigenvalue weighted by Gasteiger charge is 2.46. The molecular formula is C25H37Cl3O4. The van der Waals surface area contributed by atoms with Crippen molar-refractivity contribution in [2.24, 2.45) is 5.41 Å². The third kappa shape index (κ3) is 9.11. The van der Waals surface area contributed by atoms with Gasteiger partial charge in [0.1, 0.15) is 5.02 Å². The number of halogens is 3. The Hall–Kier alpha value is -0.970. The second kappa shape index (κ2) is 15.8. The molecule has 0 N–H and O–H groups in total. The van der Waals surface area contributed by atoms with E-state index in [2.05, 4.69) is 6.92 Å². The summed E-state index contributed by atoms with van der Waals surface area (Å²) in [6.07, 6.45) is 12.5. The van der Waals surface area contributed by atoms with Crippen LogP contribution in [0.15, 0.2) is 12.1 Å². The lowest BCUT2D eigenvalue weighted by Crippen LogP contribution is -2.42. The van der Waals surface area contributed by atoms with E-state index >= 15 is 0 Å². The summed E-state index contributed by atoms with van der Waals surface area (Å²) in [5, 5.41) is 0.526. The van der Waals surface area contributed by atoms with Gasteiger partial charge in [-0.15, -0.1) is 0 Å². The van der Waals surface area contributed by atoms with E-state index in [9.17, 15) is 9.59 Å². The Labute approximate surface area is 208 Å². The molecule has 1 rings (SSSR count). The fourth-order valence-electron chi connectivity index (χ4n) is 3.61. The fraction of sp³-hybridized carbons (Fsp3) is 0.680. The van der Waals surface area contributed by atoms with Crippen molar-refractivity contribution < 1.29 is 19.1 Å². The van der Waals surface area contributed by atoms with Gasteiger partial charge in [-0.1, -0.05) is 113 Å². The minimum Gasteiger partial charge on any atom is -0.465 e. The Balaban J connectivity index is 2.49. The third-order valence-electron chi connectivity index (χ3n) is 5.88. The van der Waals surface area contributed by atoms with Crippen LogP contribution in [0.25, 0.3) is 0 Å². The highest BCUT2D eigenvalue weighted by Crippen LogP contribution is 2.38. The Morgan fingerprint density at radius 1 is 0.781 bits per heavy atom. The molecule has 0 aromatic heterocycles. The van der Waals surface area contributed by atoms with Gasteiger partial charge in [0.05, 0.1) is 11.6 Å². The van der Waals surface area contributed by atoms with E-state index in [1.54, 1.807) is 13.8 Å². The van der Waals surface area contributed by atoms with Gasteiger partial charge in [0.25, 0.3) is 0 Å². The van der Waals surface area contributed by atoms with Crippen molar-refractivity contribution >= 4 is 46.7 Å². The quantitative estimate of drug-likeness (QED) is 0.0737. The van der Waals surface area contributed by atoms with Gasteiger partial charge in [-0.05, 0) is 25.3 Å². The van der Waals surface area contributed by atoms with Crippen LogP contribution in [0.2, 0.25) is 15.1 Å². The standard InChI is InChI=1S/C25H37Cl3O4/c1-4-7-8-9-10-11-12-13-14-15-16-31-23(29)25(5-2,6-3)24(30)32-21-18-19(26)17-20(27)22(21)28/h17-18H,4-16H2,1-3H3. The number of hydrogen-bond donors (Lipinski definition) is 0. The number of hydrogen-bond acceptors (Lipinski definition) is 4. The summed E-state index contributed by atoms with van der Waals surface area (Å²) in [5.41, 5.74) is -1.39. The van der Waals surface area contributed by atoms with Crippen LogP contribution < -0.4 is 4.74 Å². The lowest BCUT2D eigenvalue weighted by atomic mass is 9.82. The molecule has 0 saturated carbocycles. The van der Waals surface area contributed by atoms with Crippen molar-refractivity contribution in [3.63, 3.8) is 0 Å². The normalized spacial score (nSPS) is 11.4. The van der Waals surface area contributed by atoms with E-state index in [0.717, 1.165) is 19.3 Å². The van der Waals surface area contributed by atoms with Gasteiger partial charge in [-0.2, -0.15) is 0 Å². The predicted molar refractivity (Wildman–Crippen MR) is 133 cm³/mol. The number of ether oxygens (including phenoxy) is 2. The Morgan fingerprint density at radius 3 is 1.84 bits per heavy atom. The summed E-state index contributed by atoms with van der Waals surface area (Å²) >= 11 is 18.1. The van der Waals surface area contributed by atoms with Crippen LogP contribution in [-0.2, 0) is 14.3 Å². The number of carbonyl (C=O) groups is 2. The first-order chi connectivity index (χ1) is 15.3. The topological polar surface area (TPSA) is 52.6 Å². The number of unbranched alkanes of at least 4 members (excludes halogenated alkanes) is 9. The van der Waals surface area contributed by atoms with E-state index in [4.69, 9.17) is 44.3 Å². The van der Waals surface area contributed by atoms with Crippen molar-refractivity contribution in [2.45, 2.75) is 97.8 Å². The third-order valence-corrected chi connectivity index (χ3v) is 6.88. The monoisotopic (exact) mass is 506 g/mol. The number of esters is 2. The first kappa shape index (κ1) is 29.1. The molecule has 1 aromatic carbocycles. The minimum absolute atomic E-state index is 0.0305. The fourth-order valence-corrected chi connectivity index (χ4v) is 4.23. The van der Waals surface area contributed by atoms with Gasteiger partial charge < -0.3 is 9.47 Å². The maximum atomic E-state index is 12.9. The molecule has 0 fully saturated rings. The maximum Gasteiger partial charge on any atom is 0.328 e.